The zero-order valence-corrected chi connectivity index (χ0v) is 48.6. The summed E-state index contributed by atoms with van der Waals surface area (Å²) in [5.74, 6) is -7.01. The van der Waals surface area contributed by atoms with Crippen LogP contribution in [0, 0.1) is 25.5 Å². The van der Waals surface area contributed by atoms with Crippen LogP contribution in [0.25, 0.3) is 20.9 Å². The van der Waals surface area contributed by atoms with Crippen molar-refractivity contribution >= 4 is 52.5 Å². The predicted molar refractivity (Wildman–Crippen MR) is 299 cm³/mol. The van der Waals surface area contributed by atoms with E-state index in [9.17, 15) is 53.2 Å². The van der Waals surface area contributed by atoms with Crippen molar-refractivity contribution in [3.63, 3.8) is 0 Å². The van der Waals surface area contributed by atoms with Crippen molar-refractivity contribution in [2.24, 2.45) is 0 Å². The third kappa shape index (κ3) is 15.5. The van der Waals surface area contributed by atoms with E-state index in [1.165, 1.54) is 73.1 Å². The van der Waals surface area contributed by atoms with E-state index in [0.717, 1.165) is 52.9 Å². The molecule has 8 rings (SSSR count). The molecule has 0 amide bonds. The molecular weight excluding hydrogens is 1110 g/mol. The molecule has 2 aliphatic heterocycles. The number of hydrogen-bond donors (Lipinski definition) is 4. The fourth-order valence-corrected chi connectivity index (χ4v) is 11.7. The highest BCUT2D eigenvalue weighted by Gasteiger charge is 2.61. The zero-order valence-electron chi connectivity index (χ0n) is 47.0. The number of carbonyl (C=O) groups is 5. The summed E-state index contributed by atoms with van der Waals surface area (Å²) in [7, 11) is 2.77. The number of ether oxygens (including phenoxy) is 8. The smallest absolute Gasteiger partial charge is 0.310 e. The first-order valence-electron chi connectivity index (χ1n) is 26.1. The summed E-state index contributed by atoms with van der Waals surface area (Å²) in [4.78, 5) is 60.5. The van der Waals surface area contributed by atoms with Crippen molar-refractivity contribution in [1.29, 1.82) is 0 Å². The molecule has 0 aliphatic carbocycles. The van der Waals surface area contributed by atoms with Gasteiger partial charge in [0.15, 0.2) is 12.2 Å². The topological polar surface area (TPSA) is 240 Å². The molecule has 17 nitrogen and oxygen atoms in total. The number of benzene rings is 4. The Balaban J connectivity index is 0.000000241. The first-order valence-corrected chi connectivity index (χ1v) is 27.7. The molecule has 4 N–H and O–H groups in total. The minimum absolute atomic E-state index is 0.275. The second-order valence-corrected chi connectivity index (χ2v) is 21.9. The Morgan fingerprint density at radius 3 is 1.37 bits per heavy atom. The van der Waals surface area contributed by atoms with E-state index in [-0.39, 0.29) is 11.6 Å². The van der Waals surface area contributed by atoms with Crippen molar-refractivity contribution < 1.29 is 91.1 Å². The molecule has 0 radical (unpaired) electrons. The molecule has 82 heavy (non-hydrogen) atoms. The number of esters is 5. The lowest BCUT2D eigenvalue weighted by Crippen LogP contribution is -2.66. The number of aliphatic hydroxyl groups excluding tert-OH is 4. The first-order chi connectivity index (χ1) is 38.9. The number of hydrogen-bond acceptors (Lipinski definition) is 19. The van der Waals surface area contributed by atoms with Crippen LogP contribution >= 0.6 is 22.7 Å². The van der Waals surface area contributed by atoms with E-state index in [2.05, 4.69) is 4.74 Å². The van der Waals surface area contributed by atoms with E-state index in [1.54, 1.807) is 53.0 Å². The molecule has 2 aromatic heterocycles. The molecular formula is C61H68F2O17S2. The normalized spacial score (nSPS) is 23.9. The summed E-state index contributed by atoms with van der Waals surface area (Å²) in [6.45, 7) is 11.3. The van der Waals surface area contributed by atoms with Crippen molar-refractivity contribution in [2.45, 2.75) is 135 Å². The van der Waals surface area contributed by atoms with Gasteiger partial charge in [-0.25, -0.2) is 8.78 Å². The van der Waals surface area contributed by atoms with E-state index in [1.807, 2.05) is 75.4 Å². The Morgan fingerprint density at radius 1 is 0.549 bits per heavy atom. The minimum atomic E-state index is -1.75. The Kier molecular flexibility index (Phi) is 22.5. The van der Waals surface area contributed by atoms with Crippen LogP contribution in [-0.2, 0) is 86.3 Å². The lowest BCUT2D eigenvalue weighted by atomic mass is 9.85. The number of aliphatic hydroxyl groups is 4. The van der Waals surface area contributed by atoms with Crippen LogP contribution in [0.5, 0.6) is 0 Å². The van der Waals surface area contributed by atoms with Gasteiger partial charge in [0, 0.05) is 92.3 Å². The molecule has 4 heterocycles. The van der Waals surface area contributed by atoms with Gasteiger partial charge in [-0.3, -0.25) is 24.0 Å². The van der Waals surface area contributed by atoms with Crippen molar-refractivity contribution in [1.82, 2.24) is 0 Å². The molecule has 0 saturated carbocycles. The zero-order chi connectivity index (χ0) is 60.2. The molecule has 0 spiro atoms. The van der Waals surface area contributed by atoms with Gasteiger partial charge in [-0.2, -0.15) is 0 Å². The second-order valence-electron chi connectivity index (χ2n) is 19.5. The van der Waals surface area contributed by atoms with Gasteiger partial charge in [0.1, 0.15) is 42.2 Å². The Hall–Kier alpha value is -6.63. The standard InChI is InChI=1S/C32H35FO8S.C25H27FO6S.C4H6O3/c1-7-27-29(38-19(3)34)30(39-20(4)35)31(40-21(5)36)32(37-6,41-27)24-11-8-18(2)23(16-24)17-26-14-15-28(42-26)22-9-12-25(33)13-10-22;1-14-3-6-17(25(31-2)24(30)23(29)22(28)20(13-27)32-25)11-16(14)12-19-9-10-21(33-19)15-4-7-18(26)8-5-15;1-3(5)7-4(2)6/h8-16,27,29-31H,7,17H2,1-6H3;3-11,20,22-24,27-30H,12-13H2,1-2H3;1-2H3/t27-,29-,30+,31-,32?;20-,22-,23+,24-,25?;/m11./s1. The number of thiophene rings is 2. The fourth-order valence-electron chi connectivity index (χ4n) is 9.65. The molecule has 2 unspecified atom stereocenters. The highest BCUT2D eigenvalue weighted by atomic mass is 32.1. The maximum absolute atomic E-state index is 13.4. The SMILES string of the molecule is CC(=O)OC(C)=O.CC[C@H]1OC(OC)(c2ccc(C)c(Cc3ccc(-c4ccc(F)cc4)s3)c2)[C@H](OC(C)=O)[C@@H](OC(C)=O)[C@@H]1OC(C)=O.COC1(c2ccc(C)c(Cc3ccc(-c4ccc(F)cc4)s3)c2)O[C@H](CO)[C@@H](O)[C@H](O)[C@H]1O. The van der Waals surface area contributed by atoms with Crippen LogP contribution in [0.3, 0.4) is 0 Å². The molecule has 6 aromatic rings. The fraction of sp³-hybridized carbons (Fsp3) is 0.393. The Labute approximate surface area is 482 Å². The highest BCUT2D eigenvalue weighted by Crippen LogP contribution is 2.45. The maximum atomic E-state index is 13.4. The van der Waals surface area contributed by atoms with E-state index in [4.69, 9.17) is 33.2 Å². The molecule has 2 aliphatic rings. The van der Waals surface area contributed by atoms with Crippen LogP contribution in [0.4, 0.5) is 8.78 Å². The Morgan fingerprint density at radius 2 is 0.976 bits per heavy atom. The molecule has 21 heteroatoms. The molecule has 2 saturated heterocycles. The lowest BCUT2D eigenvalue weighted by molar-refractivity contribution is -0.366. The van der Waals surface area contributed by atoms with Crippen LogP contribution in [0.1, 0.15) is 91.1 Å². The van der Waals surface area contributed by atoms with Gasteiger partial charge in [0.25, 0.3) is 0 Å². The van der Waals surface area contributed by atoms with Crippen LogP contribution in [-0.4, -0.2) is 120 Å². The minimum Gasteiger partial charge on any atom is -0.456 e. The predicted octanol–water partition coefficient (Wildman–Crippen LogP) is 8.68. The third-order valence-corrected chi connectivity index (χ3v) is 15.9. The number of methoxy groups -OCH3 is 2. The van der Waals surface area contributed by atoms with Crippen LogP contribution in [0.15, 0.2) is 109 Å². The molecule has 4 aromatic carbocycles. The summed E-state index contributed by atoms with van der Waals surface area (Å²) in [5.41, 5.74) is 6.86. The Bertz CT molecular complexity index is 3150. The quantitative estimate of drug-likeness (QED) is 0.0427. The van der Waals surface area contributed by atoms with E-state index >= 15 is 0 Å². The summed E-state index contributed by atoms with van der Waals surface area (Å²) in [6.07, 6.45) is -8.40. The summed E-state index contributed by atoms with van der Waals surface area (Å²) >= 11 is 3.21. The summed E-state index contributed by atoms with van der Waals surface area (Å²) < 4.78 is 71.5. The van der Waals surface area contributed by atoms with E-state index in [0.29, 0.717) is 30.4 Å². The first kappa shape index (κ1) is 64.5. The molecule has 0 bridgehead atoms. The summed E-state index contributed by atoms with van der Waals surface area (Å²) in [6, 6.07) is 32.0. The van der Waals surface area contributed by atoms with Gasteiger partial charge in [0.05, 0.1) is 6.61 Å². The monoisotopic (exact) mass is 1170 g/mol. The average Bonchev–Trinajstić information content (AvgIpc) is 3.69. The number of aryl methyl sites for hydroxylation is 2. The summed E-state index contributed by atoms with van der Waals surface area (Å²) in [5, 5.41) is 40.8. The van der Waals surface area contributed by atoms with Gasteiger partial charge in [0.2, 0.25) is 17.7 Å². The average molecular weight is 1180 g/mol. The van der Waals surface area contributed by atoms with E-state index < -0.39 is 96.9 Å². The van der Waals surface area contributed by atoms with Gasteiger partial charge in [-0.1, -0.05) is 55.5 Å². The largest absolute Gasteiger partial charge is 0.456 e. The second kappa shape index (κ2) is 28.6. The number of carbonyl (C=O) groups excluding carboxylic acids is 5. The molecule has 10 atom stereocenters. The lowest BCUT2D eigenvalue weighted by Gasteiger charge is -2.50. The van der Waals surface area contributed by atoms with Crippen molar-refractivity contribution in [2.75, 3.05) is 20.8 Å². The van der Waals surface area contributed by atoms with Crippen LogP contribution < -0.4 is 0 Å². The van der Waals surface area contributed by atoms with Crippen molar-refractivity contribution in [3.05, 3.63) is 164 Å². The van der Waals surface area contributed by atoms with Gasteiger partial charge in [-0.05, 0) is 114 Å². The van der Waals surface area contributed by atoms with Crippen LogP contribution in [0.2, 0.25) is 0 Å². The van der Waals surface area contributed by atoms with Gasteiger partial charge < -0.3 is 58.3 Å². The van der Waals surface area contributed by atoms with Gasteiger partial charge >= 0.3 is 29.8 Å². The van der Waals surface area contributed by atoms with Crippen molar-refractivity contribution in [3.8, 4) is 20.9 Å². The highest BCUT2D eigenvalue weighted by molar-refractivity contribution is 7.15. The third-order valence-electron chi connectivity index (χ3n) is 13.6. The maximum Gasteiger partial charge on any atom is 0.310 e. The number of rotatable bonds is 15. The van der Waals surface area contributed by atoms with Gasteiger partial charge in [-0.15, -0.1) is 22.7 Å². The number of halogens is 2. The molecule has 2 fully saturated rings. The molecule has 440 valence electrons.